The van der Waals surface area contributed by atoms with Crippen LogP contribution in [0.2, 0.25) is 15.1 Å². The molecule has 7 heteroatoms. The molecule has 0 saturated heterocycles. The van der Waals surface area contributed by atoms with Crippen LogP contribution >= 0.6 is 46.1 Å². The summed E-state index contributed by atoms with van der Waals surface area (Å²) in [6, 6.07) is 6.94. The number of benzene rings is 1. The number of hydrogen-bond donors (Lipinski definition) is 1. The van der Waals surface area contributed by atoms with Crippen molar-refractivity contribution in [2.24, 2.45) is 0 Å². The van der Waals surface area contributed by atoms with Gasteiger partial charge in [0, 0.05) is 10.6 Å². The van der Waals surface area contributed by atoms with Gasteiger partial charge in [-0.1, -0.05) is 46.0 Å². The number of halogens is 3. The van der Waals surface area contributed by atoms with E-state index < -0.39 is 0 Å². The van der Waals surface area contributed by atoms with Crippen molar-refractivity contribution in [1.82, 2.24) is 5.16 Å². The molecule has 0 radical (unpaired) electrons. The minimum Gasteiger partial charge on any atom is -0.367 e. The van der Waals surface area contributed by atoms with Crippen molar-refractivity contribution in [3.8, 4) is 21.7 Å². The maximum absolute atomic E-state index is 6.23. The first-order valence-corrected chi connectivity index (χ1v) is 7.53. The lowest BCUT2D eigenvalue weighted by Crippen LogP contribution is -1.88. The predicted octanol–water partition coefficient (Wildman–Crippen LogP) is 5.61. The minimum atomic E-state index is 0.189. The molecule has 0 aliphatic rings. The molecule has 0 bridgehead atoms. The second-order valence-corrected chi connectivity index (χ2v) is 6.16. The van der Waals surface area contributed by atoms with Crippen LogP contribution in [-0.4, -0.2) is 5.16 Å². The summed E-state index contributed by atoms with van der Waals surface area (Å²) >= 11 is 19.7. The Morgan fingerprint density at radius 1 is 1.10 bits per heavy atom. The van der Waals surface area contributed by atoms with Gasteiger partial charge in [0.15, 0.2) is 0 Å². The third-order valence-electron chi connectivity index (χ3n) is 2.75. The van der Waals surface area contributed by atoms with E-state index in [2.05, 4.69) is 5.16 Å². The molecule has 0 atom stereocenters. The Labute approximate surface area is 133 Å². The van der Waals surface area contributed by atoms with Crippen LogP contribution in [-0.2, 0) is 0 Å². The molecule has 2 N–H and O–H groups in total. The topological polar surface area (TPSA) is 52.0 Å². The van der Waals surface area contributed by atoms with Crippen molar-refractivity contribution in [3.05, 3.63) is 44.7 Å². The first-order chi connectivity index (χ1) is 9.58. The Hall–Kier alpha value is -1.20. The van der Waals surface area contributed by atoms with Crippen molar-refractivity contribution in [1.29, 1.82) is 0 Å². The van der Waals surface area contributed by atoms with Crippen LogP contribution in [0.5, 0.6) is 0 Å². The Morgan fingerprint density at radius 2 is 1.90 bits per heavy atom. The standard InChI is InChI=1S/C13H7Cl3N2OS/c14-6-1-2-7(9(16)5-6)10-11(18-19-13(10)17)12-8(15)3-4-20-12/h1-5H,17H2. The Kier molecular flexibility index (Phi) is 3.65. The Balaban J connectivity index is 2.24. The second kappa shape index (κ2) is 5.30. The summed E-state index contributed by atoms with van der Waals surface area (Å²) in [6.07, 6.45) is 0. The highest BCUT2D eigenvalue weighted by atomic mass is 35.5. The van der Waals surface area contributed by atoms with Gasteiger partial charge in [0.2, 0.25) is 5.88 Å². The molecule has 102 valence electrons. The van der Waals surface area contributed by atoms with E-state index in [4.69, 9.17) is 45.1 Å². The molecule has 0 amide bonds. The Bertz CT molecular complexity index is 782. The van der Waals surface area contributed by atoms with Gasteiger partial charge >= 0.3 is 0 Å². The molecule has 0 aliphatic carbocycles. The first-order valence-electron chi connectivity index (χ1n) is 5.52. The number of rotatable bonds is 2. The fourth-order valence-corrected chi connectivity index (χ4v) is 3.51. The molecule has 3 rings (SSSR count). The van der Waals surface area contributed by atoms with Gasteiger partial charge in [-0.2, -0.15) is 0 Å². The van der Waals surface area contributed by atoms with Gasteiger partial charge in [-0.25, -0.2) is 0 Å². The number of hydrogen-bond acceptors (Lipinski definition) is 4. The molecule has 3 nitrogen and oxygen atoms in total. The zero-order valence-electron chi connectivity index (χ0n) is 9.86. The molecule has 1 aromatic carbocycles. The summed E-state index contributed by atoms with van der Waals surface area (Å²) < 4.78 is 5.10. The van der Waals surface area contributed by atoms with Gasteiger partial charge < -0.3 is 10.3 Å². The van der Waals surface area contributed by atoms with E-state index in [1.807, 2.05) is 5.38 Å². The quantitative estimate of drug-likeness (QED) is 0.656. The summed E-state index contributed by atoms with van der Waals surface area (Å²) in [5, 5.41) is 7.48. The van der Waals surface area contributed by atoms with Crippen LogP contribution in [0, 0.1) is 0 Å². The van der Waals surface area contributed by atoms with Crippen molar-refractivity contribution in [2.75, 3.05) is 5.73 Å². The normalized spacial score (nSPS) is 10.9. The van der Waals surface area contributed by atoms with Crippen molar-refractivity contribution >= 4 is 52.0 Å². The van der Waals surface area contributed by atoms with Crippen LogP contribution in [0.25, 0.3) is 21.7 Å². The molecule has 0 unspecified atom stereocenters. The number of thiophene rings is 1. The maximum atomic E-state index is 6.23. The van der Waals surface area contributed by atoms with Crippen LogP contribution in [0.1, 0.15) is 0 Å². The summed E-state index contributed by atoms with van der Waals surface area (Å²) in [6.45, 7) is 0. The highest BCUT2D eigenvalue weighted by molar-refractivity contribution is 7.14. The van der Waals surface area contributed by atoms with Gasteiger partial charge in [0.1, 0.15) is 5.69 Å². The lowest BCUT2D eigenvalue weighted by atomic mass is 10.0. The maximum Gasteiger partial charge on any atom is 0.230 e. The largest absolute Gasteiger partial charge is 0.367 e. The molecule has 0 saturated carbocycles. The minimum absolute atomic E-state index is 0.189. The monoisotopic (exact) mass is 344 g/mol. The molecule has 2 aromatic heterocycles. The molecular formula is C13H7Cl3N2OS. The van der Waals surface area contributed by atoms with Gasteiger partial charge in [0.25, 0.3) is 0 Å². The summed E-state index contributed by atoms with van der Waals surface area (Å²) in [5.41, 5.74) is 7.78. The van der Waals surface area contributed by atoms with E-state index in [1.54, 1.807) is 24.3 Å². The highest BCUT2D eigenvalue weighted by Crippen LogP contribution is 2.43. The average Bonchev–Trinajstić information content (AvgIpc) is 2.96. The molecule has 2 heterocycles. The lowest BCUT2D eigenvalue weighted by Gasteiger charge is -2.05. The van der Waals surface area contributed by atoms with Crippen LogP contribution in [0.15, 0.2) is 34.2 Å². The Morgan fingerprint density at radius 3 is 2.55 bits per heavy atom. The summed E-state index contributed by atoms with van der Waals surface area (Å²) in [7, 11) is 0. The SMILES string of the molecule is Nc1onc(-c2sccc2Cl)c1-c1ccc(Cl)cc1Cl. The highest BCUT2D eigenvalue weighted by Gasteiger charge is 2.22. The zero-order valence-corrected chi connectivity index (χ0v) is 12.9. The van der Waals surface area contributed by atoms with E-state index in [0.29, 0.717) is 31.9 Å². The van der Waals surface area contributed by atoms with Gasteiger partial charge in [-0.05, 0) is 23.6 Å². The lowest BCUT2D eigenvalue weighted by molar-refractivity contribution is 0.439. The van der Waals surface area contributed by atoms with E-state index in [9.17, 15) is 0 Å². The molecule has 0 aliphatic heterocycles. The van der Waals surface area contributed by atoms with Crippen LogP contribution in [0.3, 0.4) is 0 Å². The number of nitrogens with zero attached hydrogens (tertiary/aromatic N) is 1. The van der Waals surface area contributed by atoms with Crippen LogP contribution < -0.4 is 5.73 Å². The molecule has 0 spiro atoms. The molecule has 3 aromatic rings. The number of nitrogens with two attached hydrogens (primary N) is 1. The van der Waals surface area contributed by atoms with Gasteiger partial charge in [0.05, 0.1) is 20.5 Å². The third-order valence-corrected chi connectivity index (χ3v) is 4.65. The fourth-order valence-electron chi connectivity index (χ4n) is 1.87. The van der Waals surface area contributed by atoms with Crippen molar-refractivity contribution < 1.29 is 4.52 Å². The third kappa shape index (κ3) is 2.29. The predicted molar refractivity (Wildman–Crippen MR) is 84.7 cm³/mol. The summed E-state index contributed by atoms with van der Waals surface area (Å²) in [4.78, 5) is 0.785. The smallest absolute Gasteiger partial charge is 0.230 e. The molecular weight excluding hydrogens is 339 g/mol. The van der Waals surface area contributed by atoms with Gasteiger partial charge in [-0.3, -0.25) is 0 Å². The first kappa shape index (κ1) is 13.8. The van der Waals surface area contributed by atoms with E-state index in [1.165, 1.54) is 11.3 Å². The number of aromatic nitrogens is 1. The van der Waals surface area contributed by atoms with E-state index in [0.717, 1.165) is 4.88 Å². The van der Waals surface area contributed by atoms with Gasteiger partial charge in [-0.15, -0.1) is 11.3 Å². The average molecular weight is 346 g/mol. The fraction of sp³-hybridized carbons (Fsp3) is 0. The molecule has 0 fully saturated rings. The van der Waals surface area contributed by atoms with Crippen molar-refractivity contribution in [3.63, 3.8) is 0 Å². The van der Waals surface area contributed by atoms with E-state index >= 15 is 0 Å². The van der Waals surface area contributed by atoms with E-state index in [-0.39, 0.29) is 5.88 Å². The summed E-state index contributed by atoms with van der Waals surface area (Å²) in [5.74, 6) is 0.189. The number of anilines is 1. The van der Waals surface area contributed by atoms with Crippen LogP contribution in [0.4, 0.5) is 5.88 Å². The second-order valence-electron chi connectivity index (χ2n) is 3.99. The zero-order chi connectivity index (χ0) is 14.3. The number of nitrogen functional groups attached to an aromatic ring is 1. The molecule has 20 heavy (non-hydrogen) atoms. The van der Waals surface area contributed by atoms with Crippen molar-refractivity contribution in [2.45, 2.75) is 0 Å².